The van der Waals surface area contributed by atoms with Gasteiger partial charge in [0.05, 0.1) is 6.61 Å². The molecular weight excluding hydrogens is 322 g/mol. The van der Waals surface area contributed by atoms with Gasteiger partial charge in [-0.25, -0.2) is 0 Å². The van der Waals surface area contributed by atoms with Crippen molar-refractivity contribution in [2.75, 3.05) is 25.2 Å². The fourth-order valence-corrected chi connectivity index (χ4v) is 2.52. The molecule has 108 valence electrons. The van der Waals surface area contributed by atoms with Gasteiger partial charge in [0.1, 0.15) is 5.75 Å². The minimum Gasteiger partial charge on any atom is -0.493 e. The standard InChI is InChI=1S/C15H24BrNOS/c1-12(2)10-17-11-13-9-14(16)5-6-15(13)18-7-4-8-19-3/h5-6,9,12,17H,4,7-8,10-11H2,1-3H3. The molecule has 1 aromatic rings. The van der Waals surface area contributed by atoms with Crippen molar-refractivity contribution >= 4 is 27.7 Å². The molecule has 0 atom stereocenters. The number of hydrogen-bond acceptors (Lipinski definition) is 3. The van der Waals surface area contributed by atoms with E-state index < -0.39 is 0 Å². The third kappa shape index (κ3) is 7.23. The van der Waals surface area contributed by atoms with Gasteiger partial charge >= 0.3 is 0 Å². The summed E-state index contributed by atoms with van der Waals surface area (Å²) in [7, 11) is 0. The van der Waals surface area contributed by atoms with E-state index in [9.17, 15) is 0 Å². The maximum atomic E-state index is 5.88. The first kappa shape index (κ1) is 16.9. The van der Waals surface area contributed by atoms with Gasteiger partial charge in [-0.1, -0.05) is 29.8 Å². The molecule has 0 amide bonds. The molecule has 2 nitrogen and oxygen atoms in total. The second-order valence-electron chi connectivity index (χ2n) is 4.97. The maximum absolute atomic E-state index is 5.88. The first-order valence-electron chi connectivity index (χ1n) is 6.74. The van der Waals surface area contributed by atoms with Gasteiger partial charge in [0.25, 0.3) is 0 Å². The summed E-state index contributed by atoms with van der Waals surface area (Å²) >= 11 is 5.38. The lowest BCUT2D eigenvalue weighted by atomic mass is 10.2. The second kappa shape index (κ2) is 9.67. The molecule has 0 saturated carbocycles. The van der Waals surface area contributed by atoms with E-state index >= 15 is 0 Å². The van der Waals surface area contributed by atoms with E-state index in [2.05, 4.69) is 53.5 Å². The molecule has 0 radical (unpaired) electrons. The Morgan fingerprint density at radius 2 is 2.16 bits per heavy atom. The lowest BCUT2D eigenvalue weighted by Crippen LogP contribution is -2.19. The smallest absolute Gasteiger partial charge is 0.123 e. The molecule has 1 rings (SSSR count). The average molecular weight is 346 g/mol. The van der Waals surface area contributed by atoms with Crippen molar-refractivity contribution in [2.24, 2.45) is 5.92 Å². The molecule has 0 unspecified atom stereocenters. The largest absolute Gasteiger partial charge is 0.493 e. The highest BCUT2D eigenvalue weighted by Crippen LogP contribution is 2.23. The van der Waals surface area contributed by atoms with E-state index in [0.717, 1.165) is 42.1 Å². The molecule has 0 aliphatic rings. The molecule has 1 aromatic carbocycles. The predicted molar refractivity (Wildman–Crippen MR) is 89.2 cm³/mol. The van der Waals surface area contributed by atoms with Crippen LogP contribution in [0.5, 0.6) is 5.75 Å². The predicted octanol–water partition coefficient (Wildman–Crippen LogP) is 4.33. The van der Waals surface area contributed by atoms with Crippen LogP contribution in [0, 0.1) is 5.92 Å². The zero-order chi connectivity index (χ0) is 14.1. The number of nitrogens with one attached hydrogen (secondary N) is 1. The van der Waals surface area contributed by atoms with E-state index in [1.807, 2.05) is 17.8 Å². The SMILES string of the molecule is CSCCCOc1ccc(Br)cc1CNCC(C)C. The van der Waals surface area contributed by atoms with Gasteiger partial charge in [-0.2, -0.15) is 11.8 Å². The molecule has 0 spiro atoms. The Morgan fingerprint density at radius 1 is 1.37 bits per heavy atom. The summed E-state index contributed by atoms with van der Waals surface area (Å²) in [6, 6.07) is 6.22. The van der Waals surface area contributed by atoms with Crippen LogP contribution in [0.15, 0.2) is 22.7 Å². The third-order valence-electron chi connectivity index (χ3n) is 2.64. The molecule has 0 heterocycles. The summed E-state index contributed by atoms with van der Waals surface area (Å²) in [6.45, 7) is 7.11. The second-order valence-corrected chi connectivity index (χ2v) is 6.87. The van der Waals surface area contributed by atoms with Crippen molar-refractivity contribution in [3.05, 3.63) is 28.2 Å². The van der Waals surface area contributed by atoms with Crippen LogP contribution in [0.25, 0.3) is 0 Å². The molecule has 0 bridgehead atoms. The topological polar surface area (TPSA) is 21.3 Å². The van der Waals surface area contributed by atoms with Gasteiger partial charge in [-0.3, -0.25) is 0 Å². The van der Waals surface area contributed by atoms with Gasteiger partial charge in [0.15, 0.2) is 0 Å². The zero-order valence-electron chi connectivity index (χ0n) is 12.0. The van der Waals surface area contributed by atoms with Crippen LogP contribution in [-0.2, 0) is 6.54 Å². The van der Waals surface area contributed by atoms with Crippen LogP contribution in [0.3, 0.4) is 0 Å². The summed E-state index contributed by atoms with van der Waals surface area (Å²) in [4.78, 5) is 0. The van der Waals surface area contributed by atoms with Crippen LogP contribution >= 0.6 is 27.7 Å². The van der Waals surface area contributed by atoms with E-state index in [4.69, 9.17) is 4.74 Å². The van der Waals surface area contributed by atoms with Crippen molar-refractivity contribution in [1.29, 1.82) is 0 Å². The van der Waals surface area contributed by atoms with Crippen molar-refractivity contribution in [1.82, 2.24) is 5.32 Å². The van der Waals surface area contributed by atoms with Crippen molar-refractivity contribution < 1.29 is 4.74 Å². The van der Waals surface area contributed by atoms with E-state index in [1.165, 1.54) is 5.56 Å². The molecule has 1 N–H and O–H groups in total. The van der Waals surface area contributed by atoms with Crippen LogP contribution in [0.1, 0.15) is 25.8 Å². The maximum Gasteiger partial charge on any atom is 0.123 e. The Morgan fingerprint density at radius 3 is 2.84 bits per heavy atom. The minimum absolute atomic E-state index is 0.665. The number of halogens is 1. The highest BCUT2D eigenvalue weighted by atomic mass is 79.9. The minimum atomic E-state index is 0.665. The average Bonchev–Trinajstić information content (AvgIpc) is 2.36. The summed E-state index contributed by atoms with van der Waals surface area (Å²) < 4.78 is 6.98. The van der Waals surface area contributed by atoms with E-state index in [-0.39, 0.29) is 0 Å². The number of rotatable bonds is 9. The Hall–Kier alpha value is -0.190. The lowest BCUT2D eigenvalue weighted by Gasteiger charge is -2.13. The highest BCUT2D eigenvalue weighted by molar-refractivity contribution is 9.10. The lowest BCUT2D eigenvalue weighted by molar-refractivity contribution is 0.314. The number of benzene rings is 1. The van der Waals surface area contributed by atoms with Crippen molar-refractivity contribution in [2.45, 2.75) is 26.8 Å². The normalized spacial score (nSPS) is 11.0. The van der Waals surface area contributed by atoms with Crippen molar-refractivity contribution in [3.8, 4) is 5.75 Å². The first-order chi connectivity index (χ1) is 9.13. The fraction of sp³-hybridized carbons (Fsp3) is 0.600. The zero-order valence-corrected chi connectivity index (χ0v) is 14.4. The number of ether oxygens (including phenoxy) is 1. The summed E-state index contributed by atoms with van der Waals surface area (Å²) in [5.41, 5.74) is 1.22. The van der Waals surface area contributed by atoms with Gasteiger partial charge in [0, 0.05) is 16.6 Å². The van der Waals surface area contributed by atoms with Crippen LogP contribution < -0.4 is 10.1 Å². The molecule has 0 saturated heterocycles. The third-order valence-corrected chi connectivity index (χ3v) is 3.83. The quantitative estimate of drug-likeness (QED) is 0.673. The van der Waals surface area contributed by atoms with Gasteiger partial charge in [-0.05, 0) is 49.1 Å². The summed E-state index contributed by atoms with van der Waals surface area (Å²) in [5.74, 6) is 2.82. The number of thioether (sulfide) groups is 1. The monoisotopic (exact) mass is 345 g/mol. The van der Waals surface area contributed by atoms with Crippen LogP contribution in [-0.4, -0.2) is 25.2 Å². The first-order valence-corrected chi connectivity index (χ1v) is 8.93. The fourth-order valence-electron chi connectivity index (χ4n) is 1.71. The van der Waals surface area contributed by atoms with Gasteiger partial charge < -0.3 is 10.1 Å². The van der Waals surface area contributed by atoms with Gasteiger partial charge in [-0.15, -0.1) is 0 Å². The Balaban J connectivity index is 2.53. The van der Waals surface area contributed by atoms with Crippen molar-refractivity contribution in [3.63, 3.8) is 0 Å². The van der Waals surface area contributed by atoms with E-state index in [0.29, 0.717) is 5.92 Å². The molecule has 4 heteroatoms. The summed E-state index contributed by atoms with van der Waals surface area (Å²) in [5, 5.41) is 3.47. The summed E-state index contributed by atoms with van der Waals surface area (Å²) in [6.07, 6.45) is 3.22. The Kier molecular flexibility index (Phi) is 8.58. The molecule has 0 fully saturated rings. The molecule has 0 aromatic heterocycles. The molecule has 19 heavy (non-hydrogen) atoms. The van der Waals surface area contributed by atoms with Crippen LogP contribution in [0.4, 0.5) is 0 Å². The molecule has 0 aliphatic heterocycles. The highest BCUT2D eigenvalue weighted by Gasteiger charge is 2.05. The Bertz CT molecular complexity index is 371. The molecular formula is C15H24BrNOS. The number of hydrogen-bond donors (Lipinski definition) is 1. The van der Waals surface area contributed by atoms with E-state index in [1.54, 1.807) is 0 Å². The molecule has 0 aliphatic carbocycles. The Labute approximate surface area is 129 Å². The van der Waals surface area contributed by atoms with Crippen LogP contribution in [0.2, 0.25) is 0 Å². The van der Waals surface area contributed by atoms with Gasteiger partial charge in [0.2, 0.25) is 0 Å².